The van der Waals surface area contributed by atoms with Crippen molar-refractivity contribution in [3.63, 3.8) is 0 Å². The minimum Gasteiger partial charge on any atom is -0.368 e. The molecule has 0 fully saturated rings. The fourth-order valence-electron chi connectivity index (χ4n) is 3.58. The standard InChI is InChI=1S/C21H22N4O2/c1-12-9-17-16-10-14(21(27)24-11-19(22)26)5-6-18(16)25(4)20(17)13(2)15(12)7-8-23-3/h5-10H,3,11H2,1-2,4H3,(H2,22,26)(H,24,27)/b8-7-. The van der Waals surface area contributed by atoms with E-state index in [0.29, 0.717) is 5.56 Å². The van der Waals surface area contributed by atoms with Crippen molar-refractivity contribution in [1.82, 2.24) is 9.88 Å². The van der Waals surface area contributed by atoms with Crippen molar-refractivity contribution < 1.29 is 9.59 Å². The van der Waals surface area contributed by atoms with Gasteiger partial charge in [-0.1, -0.05) is 0 Å². The molecule has 0 spiro atoms. The van der Waals surface area contributed by atoms with E-state index in [2.05, 4.69) is 41.5 Å². The predicted octanol–water partition coefficient (Wildman–Crippen LogP) is 2.83. The van der Waals surface area contributed by atoms with Crippen LogP contribution in [0.4, 0.5) is 0 Å². The molecule has 138 valence electrons. The van der Waals surface area contributed by atoms with Crippen LogP contribution >= 0.6 is 0 Å². The summed E-state index contributed by atoms with van der Waals surface area (Å²) in [6, 6.07) is 7.65. The highest BCUT2D eigenvalue weighted by atomic mass is 16.2. The van der Waals surface area contributed by atoms with Gasteiger partial charge in [0.1, 0.15) is 0 Å². The number of aliphatic imine (C=N–C) groups is 1. The molecule has 2 aromatic carbocycles. The molecule has 3 N–H and O–H groups in total. The lowest BCUT2D eigenvalue weighted by atomic mass is 9.98. The van der Waals surface area contributed by atoms with Gasteiger partial charge in [0.2, 0.25) is 5.91 Å². The van der Waals surface area contributed by atoms with Crippen molar-refractivity contribution in [2.75, 3.05) is 6.54 Å². The van der Waals surface area contributed by atoms with Gasteiger partial charge in [-0.3, -0.25) is 14.6 Å². The zero-order chi connectivity index (χ0) is 19.7. The van der Waals surface area contributed by atoms with Gasteiger partial charge in [0.05, 0.1) is 12.1 Å². The van der Waals surface area contributed by atoms with E-state index in [1.165, 1.54) is 0 Å². The van der Waals surface area contributed by atoms with Crippen molar-refractivity contribution >= 4 is 46.4 Å². The molecule has 0 aliphatic heterocycles. The molecule has 0 atom stereocenters. The number of aromatic nitrogens is 1. The third kappa shape index (κ3) is 3.21. The number of primary amides is 1. The number of rotatable bonds is 5. The van der Waals surface area contributed by atoms with Gasteiger partial charge in [0.25, 0.3) is 5.91 Å². The number of fused-ring (bicyclic) bond motifs is 3. The topological polar surface area (TPSA) is 89.5 Å². The average Bonchev–Trinajstić information content (AvgIpc) is 2.91. The Hall–Kier alpha value is -3.41. The van der Waals surface area contributed by atoms with Crippen molar-refractivity contribution in [2.45, 2.75) is 13.8 Å². The first-order valence-electron chi connectivity index (χ1n) is 8.56. The minimum atomic E-state index is -0.574. The summed E-state index contributed by atoms with van der Waals surface area (Å²) in [5.74, 6) is -0.895. The highest BCUT2D eigenvalue weighted by molar-refractivity contribution is 6.12. The highest BCUT2D eigenvalue weighted by Gasteiger charge is 2.16. The number of hydrogen-bond acceptors (Lipinski definition) is 3. The summed E-state index contributed by atoms with van der Waals surface area (Å²) in [4.78, 5) is 27.0. The Morgan fingerprint density at radius 1 is 1.26 bits per heavy atom. The lowest BCUT2D eigenvalue weighted by Gasteiger charge is -2.09. The zero-order valence-electron chi connectivity index (χ0n) is 15.7. The molecular weight excluding hydrogens is 340 g/mol. The Morgan fingerprint density at radius 2 is 2.00 bits per heavy atom. The van der Waals surface area contributed by atoms with Gasteiger partial charge in [0.15, 0.2) is 0 Å². The van der Waals surface area contributed by atoms with Crippen LogP contribution in [0, 0.1) is 13.8 Å². The van der Waals surface area contributed by atoms with Crippen LogP contribution < -0.4 is 11.1 Å². The predicted molar refractivity (Wildman–Crippen MR) is 110 cm³/mol. The molecule has 3 aromatic rings. The molecule has 0 saturated heterocycles. The fraction of sp³-hybridized carbons (Fsp3) is 0.190. The molecule has 27 heavy (non-hydrogen) atoms. The molecular formula is C21H22N4O2. The molecule has 1 heterocycles. The van der Waals surface area contributed by atoms with Crippen LogP contribution in [0.15, 0.2) is 35.5 Å². The Morgan fingerprint density at radius 3 is 2.67 bits per heavy atom. The van der Waals surface area contributed by atoms with E-state index in [4.69, 9.17) is 5.73 Å². The Balaban J connectivity index is 2.21. The van der Waals surface area contributed by atoms with E-state index in [1.807, 2.05) is 25.3 Å². The number of nitrogens with zero attached hydrogens (tertiary/aromatic N) is 2. The third-order valence-corrected chi connectivity index (χ3v) is 4.82. The number of benzene rings is 2. The van der Waals surface area contributed by atoms with Gasteiger partial charge < -0.3 is 15.6 Å². The van der Waals surface area contributed by atoms with Gasteiger partial charge in [0, 0.05) is 35.1 Å². The monoisotopic (exact) mass is 362 g/mol. The lowest BCUT2D eigenvalue weighted by molar-refractivity contribution is -0.117. The fourth-order valence-corrected chi connectivity index (χ4v) is 3.58. The SMILES string of the molecule is C=N/C=C\c1c(C)cc2c3cc(C(=O)NCC(N)=O)ccc3n(C)c2c1C. The number of carbonyl (C=O) groups is 2. The molecule has 0 aliphatic carbocycles. The second kappa shape index (κ2) is 7.07. The van der Waals surface area contributed by atoms with Gasteiger partial charge in [-0.2, -0.15) is 0 Å². The minimum absolute atomic E-state index is 0.183. The van der Waals surface area contributed by atoms with E-state index in [9.17, 15) is 9.59 Å². The van der Waals surface area contributed by atoms with Crippen molar-refractivity contribution in [3.8, 4) is 0 Å². The van der Waals surface area contributed by atoms with Gasteiger partial charge in [-0.15, -0.1) is 0 Å². The molecule has 0 aliphatic rings. The summed E-state index contributed by atoms with van der Waals surface area (Å²) in [6.07, 6.45) is 3.64. The van der Waals surface area contributed by atoms with Crippen LogP contribution in [0.25, 0.3) is 27.9 Å². The quantitative estimate of drug-likeness (QED) is 0.684. The normalized spacial score (nSPS) is 11.4. The van der Waals surface area contributed by atoms with Crippen LogP contribution in [0.3, 0.4) is 0 Å². The Labute approximate surface area is 157 Å². The maximum Gasteiger partial charge on any atom is 0.251 e. The van der Waals surface area contributed by atoms with Gasteiger partial charge >= 0.3 is 0 Å². The highest BCUT2D eigenvalue weighted by Crippen LogP contribution is 2.34. The summed E-state index contributed by atoms with van der Waals surface area (Å²) in [5.41, 5.74) is 11.1. The molecule has 6 nitrogen and oxygen atoms in total. The largest absolute Gasteiger partial charge is 0.368 e. The number of hydrogen-bond donors (Lipinski definition) is 2. The number of amides is 2. The summed E-state index contributed by atoms with van der Waals surface area (Å²) < 4.78 is 2.13. The number of nitrogens with two attached hydrogens (primary N) is 1. The van der Waals surface area contributed by atoms with Crippen LogP contribution in [0.2, 0.25) is 0 Å². The van der Waals surface area contributed by atoms with E-state index >= 15 is 0 Å². The van der Waals surface area contributed by atoms with Crippen LogP contribution in [-0.4, -0.2) is 29.6 Å². The van der Waals surface area contributed by atoms with Gasteiger partial charge in [-0.25, -0.2) is 0 Å². The molecule has 6 heteroatoms. The molecule has 0 bridgehead atoms. The van der Waals surface area contributed by atoms with E-state index in [-0.39, 0.29) is 12.5 Å². The summed E-state index contributed by atoms with van der Waals surface area (Å²) >= 11 is 0. The second-order valence-electron chi connectivity index (χ2n) is 6.57. The van der Waals surface area contributed by atoms with Crippen molar-refractivity contribution in [1.29, 1.82) is 0 Å². The number of carbonyl (C=O) groups excluding carboxylic acids is 2. The van der Waals surface area contributed by atoms with Crippen molar-refractivity contribution in [2.24, 2.45) is 17.8 Å². The Kier molecular flexibility index (Phi) is 4.81. The maximum atomic E-state index is 12.3. The summed E-state index contributed by atoms with van der Waals surface area (Å²) in [6.45, 7) is 7.44. The van der Waals surface area contributed by atoms with E-state index < -0.39 is 5.91 Å². The first-order valence-corrected chi connectivity index (χ1v) is 8.56. The first-order chi connectivity index (χ1) is 12.8. The van der Waals surface area contributed by atoms with E-state index in [0.717, 1.165) is 38.5 Å². The van der Waals surface area contributed by atoms with E-state index in [1.54, 1.807) is 12.3 Å². The van der Waals surface area contributed by atoms with Crippen LogP contribution in [0.1, 0.15) is 27.0 Å². The molecule has 0 radical (unpaired) electrons. The smallest absolute Gasteiger partial charge is 0.251 e. The lowest BCUT2D eigenvalue weighted by Crippen LogP contribution is -2.33. The van der Waals surface area contributed by atoms with Crippen LogP contribution in [-0.2, 0) is 11.8 Å². The molecule has 3 rings (SSSR count). The summed E-state index contributed by atoms with van der Waals surface area (Å²) in [5, 5.41) is 4.60. The number of aryl methyl sites for hydroxylation is 3. The third-order valence-electron chi connectivity index (χ3n) is 4.82. The van der Waals surface area contributed by atoms with Gasteiger partial charge in [-0.05, 0) is 67.6 Å². The number of nitrogens with one attached hydrogen (secondary N) is 1. The second-order valence-corrected chi connectivity index (χ2v) is 6.57. The zero-order valence-corrected chi connectivity index (χ0v) is 15.7. The van der Waals surface area contributed by atoms with Crippen molar-refractivity contribution in [3.05, 3.63) is 52.7 Å². The molecule has 0 saturated carbocycles. The molecule has 1 aromatic heterocycles. The Bertz CT molecular complexity index is 1120. The molecule has 2 amide bonds. The maximum absolute atomic E-state index is 12.3. The molecule has 0 unspecified atom stereocenters. The van der Waals surface area contributed by atoms with Crippen LogP contribution in [0.5, 0.6) is 0 Å². The first kappa shape index (κ1) is 18.4. The average molecular weight is 362 g/mol. The summed E-state index contributed by atoms with van der Waals surface area (Å²) in [7, 11) is 2.01.